The summed E-state index contributed by atoms with van der Waals surface area (Å²) in [4.78, 5) is 0. The highest BCUT2D eigenvalue weighted by Gasteiger charge is 2.46. The van der Waals surface area contributed by atoms with E-state index < -0.39 is 0 Å². The van der Waals surface area contributed by atoms with Crippen LogP contribution in [-0.2, 0) is 0 Å². The van der Waals surface area contributed by atoms with Crippen LogP contribution in [0.25, 0.3) is 127 Å². The third-order valence-electron chi connectivity index (χ3n) is 17.3. The van der Waals surface area contributed by atoms with Gasteiger partial charge in [0.25, 0.3) is 6.71 Å². The third kappa shape index (κ3) is 4.84. The van der Waals surface area contributed by atoms with Gasteiger partial charge < -0.3 is 8.98 Å². The predicted octanol–water partition coefficient (Wildman–Crippen LogP) is 15.6. The largest absolute Gasteiger partial charge is 0.454 e. The number of hydrogen-bond acceptors (Lipinski definition) is 1. The second-order valence-electron chi connectivity index (χ2n) is 22.2. The highest BCUT2D eigenvalue weighted by molar-refractivity contribution is 7.02. The summed E-state index contributed by atoms with van der Waals surface area (Å²) < 4.78 is 20.1. The number of aromatic nitrogens is 5. The lowest BCUT2D eigenvalue weighted by molar-refractivity contribution is 0.671. The van der Waals surface area contributed by atoms with E-state index in [0.29, 0.717) is 17.8 Å². The molecule has 0 atom stereocenters. The molecule has 2 aliphatic rings. The number of furan rings is 1. The van der Waals surface area contributed by atoms with E-state index in [2.05, 4.69) is 240 Å². The summed E-state index contributed by atoms with van der Waals surface area (Å²) in [6, 6.07) is 66.5. The van der Waals surface area contributed by atoms with E-state index in [0.717, 1.165) is 33.1 Å². The van der Waals surface area contributed by atoms with Crippen LogP contribution < -0.4 is 16.4 Å². The van der Waals surface area contributed by atoms with Crippen molar-refractivity contribution in [3.8, 4) is 28.2 Å². The summed E-state index contributed by atoms with van der Waals surface area (Å²) in [6.07, 6.45) is 0. The average Bonchev–Trinajstić information content (AvgIpc) is 4.29. The molecule has 2 aliphatic heterocycles. The van der Waals surface area contributed by atoms with Gasteiger partial charge in [-0.2, -0.15) is 0 Å². The Morgan fingerprint density at radius 3 is 1.53 bits per heavy atom. The summed E-state index contributed by atoms with van der Waals surface area (Å²) >= 11 is 0. The Kier molecular flexibility index (Phi) is 7.78. The number of para-hydroxylation sites is 7. The lowest BCUT2D eigenvalue weighted by Crippen LogP contribution is -2.59. The van der Waals surface area contributed by atoms with E-state index in [1.54, 1.807) is 0 Å². The van der Waals surface area contributed by atoms with Gasteiger partial charge >= 0.3 is 0 Å². The van der Waals surface area contributed by atoms with Crippen LogP contribution in [0.3, 0.4) is 0 Å². The summed E-state index contributed by atoms with van der Waals surface area (Å²) in [7, 11) is 0. The minimum Gasteiger partial charge on any atom is -0.454 e. The molecule has 0 fully saturated rings. The standard InChI is InChI=1S/C67H50BN5O/c1-36(2)39-32-48(37(3)4)58(49(33-39)38(5)6)40-34-55-61-56(35-40)71-52-24-14-16-26-54(52)73-64-47(31-29-45-43-21-11-17-27-57(43)74-65(45)64)60(67(71)73)68(61)59-46-30-28-44-42-20-10-12-22-50(42)69(41-18-8-7-9-19-41)62(44)63(46)72-53-25-15-13-23-51(53)70(55)66(59)72/h7-38H,1-6H3. The molecular weight excluding hydrogens is 902 g/mol. The van der Waals surface area contributed by atoms with E-state index in [1.165, 1.54) is 127 Å². The molecule has 0 aliphatic carbocycles. The van der Waals surface area contributed by atoms with E-state index in [1.807, 2.05) is 0 Å². The van der Waals surface area contributed by atoms with Crippen LogP contribution in [0.5, 0.6) is 0 Å². The lowest BCUT2D eigenvalue weighted by atomic mass is 9.34. The van der Waals surface area contributed by atoms with Crippen LogP contribution in [0.1, 0.15) is 76.0 Å². The van der Waals surface area contributed by atoms with Crippen molar-refractivity contribution in [1.29, 1.82) is 0 Å². The number of rotatable bonds is 5. The molecule has 6 aromatic heterocycles. The molecule has 0 N–H and O–H groups in total. The molecule has 17 rings (SSSR count). The first-order chi connectivity index (χ1) is 36.3. The van der Waals surface area contributed by atoms with Crippen LogP contribution in [0.2, 0.25) is 0 Å². The third-order valence-corrected chi connectivity index (χ3v) is 17.3. The quantitative estimate of drug-likeness (QED) is 0.158. The SMILES string of the molecule is CC(C)c1cc(C(C)C)c(-c2cc3c4c(c2)-n2c5ccccc5n5c6c(ccc7c8ccccc8n(-c8ccccc8)c76)c(c25)B4c2c4ccc5c6ccccc6oc5c4n4c5ccccc5n-3c24)c(C(C)C)c1. The van der Waals surface area contributed by atoms with Gasteiger partial charge in [0, 0.05) is 44.0 Å². The molecule has 8 heterocycles. The molecule has 6 nitrogen and oxygen atoms in total. The Balaban J connectivity index is 1.13. The highest BCUT2D eigenvalue weighted by atomic mass is 16.3. The Labute approximate surface area is 426 Å². The predicted molar refractivity (Wildman–Crippen MR) is 311 cm³/mol. The fraction of sp³-hybridized carbons (Fsp3) is 0.134. The summed E-state index contributed by atoms with van der Waals surface area (Å²) in [5.41, 5.74) is 28.3. The zero-order chi connectivity index (χ0) is 49.2. The van der Waals surface area contributed by atoms with Gasteiger partial charge in [0.1, 0.15) is 16.9 Å². The first-order valence-electron chi connectivity index (χ1n) is 26.6. The lowest BCUT2D eigenvalue weighted by Gasteiger charge is -2.33. The van der Waals surface area contributed by atoms with Crippen LogP contribution in [-0.4, -0.2) is 29.2 Å². The molecule has 74 heavy (non-hydrogen) atoms. The molecular formula is C67H50BN5O. The van der Waals surface area contributed by atoms with Crippen LogP contribution in [0.15, 0.2) is 180 Å². The summed E-state index contributed by atoms with van der Waals surface area (Å²) in [5, 5.41) is 7.27. The maximum atomic E-state index is 7.07. The molecule has 0 saturated heterocycles. The van der Waals surface area contributed by atoms with E-state index in [9.17, 15) is 0 Å². The number of nitrogens with zero attached hydrogens (tertiary/aromatic N) is 5. The zero-order valence-corrected chi connectivity index (χ0v) is 42.2. The van der Waals surface area contributed by atoms with Crippen LogP contribution in [0.4, 0.5) is 0 Å². The fourth-order valence-electron chi connectivity index (χ4n) is 14.3. The maximum Gasteiger partial charge on any atom is 0.258 e. The molecule has 7 heteroatoms. The van der Waals surface area contributed by atoms with Gasteiger partial charge in [-0.3, -0.25) is 17.9 Å². The number of hydrogen-bond donors (Lipinski definition) is 0. The Hall–Kier alpha value is -8.68. The second kappa shape index (κ2) is 14.1. The van der Waals surface area contributed by atoms with E-state index in [4.69, 9.17) is 4.42 Å². The first-order valence-corrected chi connectivity index (χ1v) is 26.6. The Morgan fingerprint density at radius 2 is 0.905 bits per heavy atom. The molecule has 0 spiro atoms. The van der Waals surface area contributed by atoms with Gasteiger partial charge in [-0.1, -0.05) is 151 Å². The number of benzene rings is 9. The smallest absolute Gasteiger partial charge is 0.258 e. The van der Waals surface area contributed by atoms with Crippen LogP contribution >= 0.6 is 0 Å². The van der Waals surface area contributed by atoms with Gasteiger partial charge in [-0.05, 0) is 134 Å². The van der Waals surface area contributed by atoms with Crippen molar-refractivity contribution < 1.29 is 4.42 Å². The topological polar surface area (TPSA) is 36.8 Å². The van der Waals surface area contributed by atoms with Crippen molar-refractivity contribution in [3.63, 3.8) is 0 Å². The average molecular weight is 952 g/mol. The number of fused-ring (bicyclic) bond motifs is 24. The Morgan fingerprint density at radius 1 is 0.392 bits per heavy atom. The molecule has 0 radical (unpaired) electrons. The first kappa shape index (κ1) is 40.9. The molecule has 0 unspecified atom stereocenters. The monoisotopic (exact) mass is 951 g/mol. The minimum absolute atomic E-state index is 0.131. The van der Waals surface area contributed by atoms with Gasteiger partial charge in [0.15, 0.2) is 5.58 Å². The van der Waals surface area contributed by atoms with Crippen LogP contribution in [0, 0.1) is 0 Å². The van der Waals surface area contributed by atoms with Crippen molar-refractivity contribution in [2.45, 2.75) is 59.3 Å². The van der Waals surface area contributed by atoms with E-state index in [-0.39, 0.29) is 6.71 Å². The maximum absolute atomic E-state index is 7.07. The molecule has 9 aromatic carbocycles. The van der Waals surface area contributed by atoms with Gasteiger partial charge in [0.05, 0.1) is 44.1 Å². The van der Waals surface area contributed by atoms with Gasteiger partial charge in [-0.15, -0.1) is 0 Å². The summed E-state index contributed by atoms with van der Waals surface area (Å²) in [5.74, 6) is 1.04. The van der Waals surface area contributed by atoms with Crippen molar-refractivity contribution in [1.82, 2.24) is 22.5 Å². The highest BCUT2D eigenvalue weighted by Crippen LogP contribution is 2.47. The van der Waals surface area contributed by atoms with Crippen molar-refractivity contribution in [3.05, 3.63) is 193 Å². The fourth-order valence-corrected chi connectivity index (χ4v) is 14.3. The van der Waals surface area contributed by atoms with Gasteiger partial charge in [-0.25, -0.2) is 0 Å². The molecule has 0 bridgehead atoms. The molecule has 15 aromatic rings. The van der Waals surface area contributed by atoms with Gasteiger partial charge in [0.2, 0.25) is 0 Å². The van der Waals surface area contributed by atoms with E-state index >= 15 is 0 Å². The molecule has 352 valence electrons. The second-order valence-corrected chi connectivity index (χ2v) is 22.2. The normalized spacial score (nSPS) is 13.3. The van der Waals surface area contributed by atoms with Crippen molar-refractivity contribution in [2.75, 3.05) is 0 Å². The van der Waals surface area contributed by atoms with Crippen molar-refractivity contribution in [2.24, 2.45) is 0 Å². The van der Waals surface area contributed by atoms with Crippen molar-refractivity contribution >= 4 is 122 Å². The minimum atomic E-state index is -0.131. The number of imidazole rings is 2. The Bertz CT molecular complexity index is 4980. The molecule has 0 saturated carbocycles. The molecule has 0 amide bonds. The summed E-state index contributed by atoms with van der Waals surface area (Å²) in [6.45, 7) is 14.0. The zero-order valence-electron chi connectivity index (χ0n) is 42.2.